The number of nitrogens with one attached hydrogen (secondary N) is 1. The zero-order valence-electron chi connectivity index (χ0n) is 9.58. The second kappa shape index (κ2) is 3.66. The van der Waals surface area contributed by atoms with E-state index in [1.165, 1.54) is 0 Å². The second-order valence-corrected chi connectivity index (χ2v) is 3.82. The molecule has 0 aliphatic heterocycles. The van der Waals surface area contributed by atoms with Crippen molar-refractivity contribution < 1.29 is 4.79 Å². The molecule has 0 spiro atoms. The van der Waals surface area contributed by atoms with E-state index in [0.29, 0.717) is 17.0 Å². The predicted octanol–water partition coefficient (Wildman–Crippen LogP) is 0.551. The van der Waals surface area contributed by atoms with Crippen molar-refractivity contribution in [1.29, 1.82) is 0 Å². The fraction of sp³-hybridized carbons (Fsp3) is 0.0909. The molecule has 0 saturated carbocycles. The van der Waals surface area contributed by atoms with Crippen molar-refractivity contribution in [1.82, 2.24) is 24.5 Å². The molecule has 0 fully saturated rings. The van der Waals surface area contributed by atoms with Gasteiger partial charge in [0.25, 0.3) is 5.91 Å². The number of amides is 1. The van der Waals surface area contributed by atoms with E-state index < -0.39 is 5.91 Å². The minimum atomic E-state index is -0.594. The SMILES string of the molecule is Cc1nccn1-c1nc(C(N)=O)c2[nH]ccc2n1. The highest BCUT2D eigenvalue weighted by atomic mass is 16.1. The van der Waals surface area contributed by atoms with Crippen LogP contribution in [0.1, 0.15) is 16.3 Å². The van der Waals surface area contributed by atoms with E-state index in [1.54, 1.807) is 29.2 Å². The number of aromatic nitrogens is 5. The molecule has 0 radical (unpaired) electrons. The number of hydrogen-bond donors (Lipinski definition) is 2. The van der Waals surface area contributed by atoms with Gasteiger partial charge in [-0.3, -0.25) is 9.36 Å². The van der Waals surface area contributed by atoms with E-state index in [1.807, 2.05) is 6.92 Å². The number of aromatic amines is 1. The van der Waals surface area contributed by atoms with Crippen molar-refractivity contribution in [2.75, 3.05) is 0 Å². The molecule has 3 rings (SSSR count). The summed E-state index contributed by atoms with van der Waals surface area (Å²) in [7, 11) is 0. The summed E-state index contributed by atoms with van der Waals surface area (Å²) in [5, 5.41) is 0. The Balaban J connectivity index is 2.32. The zero-order chi connectivity index (χ0) is 12.7. The predicted molar refractivity (Wildman–Crippen MR) is 64.3 cm³/mol. The molecule has 0 aliphatic carbocycles. The van der Waals surface area contributed by atoms with Crippen molar-refractivity contribution in [2.45, 2.75) is 6.92 Å². The highest BCUT2D eigenvalue weighted by Gasteiger charge is 2.14. The van der Waals surface area contributed by atoms with Gasteiger partial charge in [-0.15, -0.1) is 0 Å². The van der Waals surface area contributed by atoms with E-state index in [-0.39, 0.29) is 5.69 Å². The van der Waals surface area contributed by atoms with Crippen molar-refractivity contribution in [3.05, 3.63) is 36.2 Å². The molecule has 90 valence electrons. The minimum absolute atomic E-state index is 0.174. The second-order valence-electron chi connectivity index (χ2n) is 3.82. The Bertz CT molecular complexity index is 741. The van der Waals surface area contributed by atoms with Crippen molar-refractivity contribution in [2.24, 2.45) is 5.73 Å². The van der Waals surface area contributed by atoms with Crippen LogP contribution in [-0.4, -0.2) is 30.4 Å². The molecule has 0 bridgehead atoms. The third kappa shape index (κ3) is 1.45. The first kappa shape index (κ1) is 10.5. The van der Waals surface area contributed by atoms with Crippen molar-refractivity contribution >= 4 is 16.9 Å². The topological polar surface area (TPSA) is 102 Å². The normalized spacial score (nSPS) is 10.9. The summed E-state index contributed by atoms with van der Waals surface area (Å²) < 4.78 is 1.69. The molecule has 0 aliphatic rings. The average Bonchev–Trinajstić information content (AvgIpc) is 2.95. The summed E-state index contributed by atoms with van der Waals surface area (Å²) >= 11 is 0. The first-order valence-electron chi connectivity index (χ1n) is 5.32. The van der Waals surface area contributed by atoms with Gasteiger partial charge in [-0.05, 0) is 13.0 Å². The molecule has 0 unspecified atom stereocenters. The molecule has 3 aromatic rings. The highest BCUT2D eigenvalue weighted by molar-refractivity contribution is 6.02. The van der Waals surface area contributed by atoms with Gasteiger partial charge in [-0.25, -0.2) is 15.0 Å². The highest BCUT2D eigenvalue weighted by Crippen LogP contribution is 2.16. The Hall–Kier alpha value is -2.70. The van der Waals surface area contributed by atoms with Gasteiger partial charge in [0.15, 0.2) is 5.69 Å². The lowest BCUT2D eigenvalue weighted by Gasteiger charge is -2.05. The maximum absolute atomic E-state index is 11.4. The number of nitrogens with two attached hydrogens (primary N) is 1. The maximum atomic E-state index is 11.4. The molecule has 3 N–H and O–H groups in total. The first-order valence-corrected chi connectivity index (χ1v) is 5.32. The van der Waals surface area contributed by atoms with Crippen LogP contribution >= 0.6 is 0 Å². The third-order valence-electron chi connectivity index (χ3n) is 2.67. The van der Waals surface area contributed by atoms with Gasteiger partial charge in [-0.1, -0.05) is 0 Å². The number of hydrogen-bond acceptors (Lipinski definition) is 4. The summed E-state index contributed by atoms with van der Waals surface area (Å²) in [6.45, 7) is 1.83. The molecule has 0 atom stereocenters. The first-order chi connectivity index (χ1) is 8.66. The van der Waals surface area contributed by atoms with Crippen molar-refractivity contribution in [3.63, 3.8) is 0 Å². The molecule has 0 saturated heterocycles. The van der Waals surface area contributed by atoms with E-state index in [0.717, 1.165) is 5.82 Å². The standard InChI is InChI=1S/C11H10N6O/c1-6-13-4-5-17(6)11-15-7-2-3-14-8(7)9(16-11)10(12)18/h2-5,14H,1H3,(H2,12,18). The van der Waals surface area contributed by atoms with Crippen LogP contribution in [0.3, 0.4) is 0 Å². The lowest BCUT2D eigenvalue weighted by atomic mass is 10.3. The van der Waals surface area contributed by atoms with Crippen LogP contribution in [0.15, 0.2) is 24.7 Å². The Morgan fingerprint density at radius 3 is 2.94 bits per heavy atom. The van der Waals surface area contributed by atoms with E-state index in [9.17, 15) is 4.79 Å². The molecule has 7 nitrogen and oxygen atoms in total. The molecule has 1 amide bonds. The summed E-state index contributed by atoms with van der Waals surface area (Å²) in [5.41, 5.74) is 6.69. The quantitative estimate of drug-likeness (QED) is 0.684. The van der Waals surface area contributed by atoms with Crippen LogP contribution in [-0.2, 0) is 0 Å². The number of rotatable bonds is 2. The number of carbonyl (C=O) groups excluding carboxylic acids is 1. The van der Waals surface area contributed by atoms with Crippen LogP contribution in [0.2, 0.25) is 0 Å². The number of nitrogens with zero attached hydrogens (tertiary/aromatic N) is 4. The van der Waals surface area contributed by atoms with Crippen molar-refractivity contribution in [3.8, 4) is 5.95 Å². The number of fused-ring (bicyclic) bond motifs is 1. The largest absolute Gasteiger partial charge is 0.364 e. The fourth-order valence-corrected chi connectivity index (χ4v) is 1.81. The average molecular weight is 242 g/mol. The summed E-state index contributed by atoms with van der Waals surface area (Å²) in [4.78, 5) is 26.9. The van der Waals surface area contributed by atoms with Gasteiger partial charge in [0.1, 0.15) is 5.82 Å². The van der Waals surface area contributed by atoms with Gasteiger partial charge >= 0.3 is 0 Å². The molecule has 3 aromatic heterocycles. The van der Waals surface area contributed by atoms with Crippen LogP contribution in [0.25, 0.3) is 17.0 Å². The van der Waals surface area contributed by atoms with Gasteiger partial charge in [0.2, 0.25) is 5.95 Å². The van der Waals surface area contributed by atoms with Gasteiger partial charge in [-0.2, -0.15) is 0 Å². The number of primary amides is 1. The van der Waals surface area contributed by atoms with Crippen LogP contribution in [0, 0.1) is 6.92 Å². The minimum Gasteiger partial charge on any atom is -0.364 e. The Morgan fingerprint density at radius 1 is 1.44 bits per heavy atom. The van der Waals surface area contributed by atoms with Gasteiger partial charge < -0.3 is 10.7 Å². The molecule has 18 heavy (non-hydrogen) atoms. The van der Waals surface area contributed by atoms with E-state index >= 15 is 0 Å². The number of aryl methyl sites for hydroxylation is 1. The number of H-pyrrole nitrogens is 1. The lowest BCUT2D eigenvalue weighted by Crippen LogP contribution is -2.16. The molecule has 0 aromatic carbocycles. The third-order valence-corrected chi connectivity index (χ3v) is 2.67. The monoisotopic (exact) mass is 242 g/mol. The fourth-order valence-electron chi connectivity index (χ4n) is 1.81. The van der Waals surface area contributed by atoms with Gasteiger partial charge in [0, 0.05) is 18.6 Å². The molecular formula is C11H10N6O. The number of carbonyl (C=O) groups is 1. The van der Waals surface area contributed by atoms with Crippen LogP contribution < -0.4 is 5.73 Å². The number of imidazole rings is 1. The summed E-state index contributed by atoms with van der Waals surface area (Å²) in [6, 6.07) is 1.76. The zero-order valence-corrected chi connectivity index (χ0v) is 9.58. The Labute approximate surface area is 102 Å². The Kier molecular flexibility index (Phi) is 2.12. The summed E-state index contributed by atoms with van der Waals surface area (Å²) in [5.74, 6) is 0.523. The van der Waals surface area contributed by atoms with Crippen LogP contribution in [0.4, 0.5) is 0 Å². The van der Waals surface area contributed by atoms with Gasteiger partial charge in [0.05, 0.1) is 11.0 Å². The van der Waals surface area contributed by atoms with E-state index in [4.69, 9.17) is 5.73 Å². The molecule has 7 heteroatoms. The van der Waals surface area contributed by atoms with E-state index in [2.05, 4.69) is 19.9 Å². The smallest absolute Gasteiger partial charge is 0.269 e. The molecular weight excluding hydrogens is 232 g/mol. The maximum Gasteiger partial charge on any atom is 0.269 e. The van der Waals surface area contributed by atoms with Crippen LogP contribution in [0.5, 0.6) is 0 Å². The lowest BCUT2D eigenvalue weighted by molar-refractivity contribution is 0.0997. The Morgan fingerprint density at radius 2 is 2.28 bits per heavy atom. The summed E-state index contributed by atoms with van der Waals surface area (Å²) in [6.07, 6.45) is 5.06. The molecule has 3 heterocycles.